The van der Waals surface area contributed by atoms with Crippen molar-refractivity contribution in [2.75, 3.05) is 10.6 Å². The topological polar surface area (TPSA) is 84.3 Å². The Balaban J connectivity index is 1.56. The lowest BCUT2D eigenvalue weighted by molar-refractivity contribution is -0.387. The van der Waals surface area contributed by atoms with Crippen LogP contribution in [0, 0.1) is 16.0 Å². The zero-order valence-electron chi connectivity index (χ0n) is 19.1. The highest BCUT2D eigenvalue weighted by Gasteiger charge is 2.50. The summed E-state index contributed by atoms with van der Waals surface area (Å²) in [7, 11) is 0. The summed E-state index contributed by atoms with van der Waals surface area (Å²) >= 11 is 21.4. The summed E-state index contributed by atoms with van der Waals surface area (Å²) in [5.41, 5.74) is 3.63. The lowest BCUT2D eigenvalue weighted by Crippen LogP contribution is -2.31. The zero-order valence-corrected chi connectivity index (χ0v) is 22.2. The van der Waals surface area contributed by atoms with E-state index in [9.17, 15) is 14.9 Å². The lowest BCUT2D eigenvalue weighted by atomic mass is 9.77. The smallest absolute Gasteiger partial charge is 0.282 e. The lowest BCUT2D eigenvalue weighted by Gasteiger charge is -2.39. The number of nitro groups is 1. The minimum absolute atomic E-state index is 0.0614. The van der Waals surface area contributed by atoms with Gasteiger partial charge in [-0.2, -0.15) is 0 Å². The Hall–Kier alpha value is -2.45. The molecule has 2 N–H and O–H groups in total. The highest BCUT2D eigenvalue weighted by Crippen LogP contribution is 2.59. The largest absolute Gasteiger partial charge is 0.378 e. The maximum absolute atomic E-state index is 11.7. The molecule has 1 aliphatic heterocycles. The van der Waals surface area contributed by atoms with Gasteiger partial charge in [-0.25, -0.2) is 0 Å². The number of nitro benzene ring substituents is 1. The van der Waals surface area contributed by atoms with E-state index in [4.69, 9.17) is 34.8 Å². The van der Waals surface area contributed by atoms with Crippen molar-refractivity contribution in [2.24, 2.45) is 5.92 Å². The summed E-state index contributed by atoms with van der Waals surface area (Å²) in [5, 5.41) is 18.9. The first-order valence-electron chi connectivity index (χ1n) is 11.4. The number of nitrogens with one attached hydrogen (secondary N) is 2. The molecule has 186 valence electrons. The number of rotatable bonds is 5. The van der Waals surface area contributed by atoms with Crippen LogP contribution in [0.2, 0.25) is 10.0 Å². The van der Waals surface area contributed by atoms with Crippen molar-refractivity contribution in [3.63, 3.8) is 0 Å². The molecule has 36 heavy (non-hydrogen) atoms. The van der Waals surface area contributed by atoms with Crippen LogP contribution in [0.15, 0.2) is 65.6 Å². The van der Waals surface area contributed by atoms with Crippen LogP contribution in [-0.4, -0.2) is 21.5 Å². The van der Waals surface area contributed by atoms with Gasteiger partial charge in [0.25, 0.3) is 5.69 Å². The molecule has 3 aromatic rings. The maximum atomic E-state index is 11.7. The van der Waals surface area contributed by atoms with Crippen molar-refractivity contribution >= 4 is 69.5 Å². The fourth-order valence-corrected chi connectivity index (χ4v) is 7.80. The Morgan fingerprint density at radius 1 is 1.11 bits per heavy atom. The van der Waals surface area contributed by atoms with E-state index in [2.05, 4.69) is 10.6 Å². The zero-order chi connectivity index (χ0) is 25.6. The molecule has 1 fully saturated rings. The first-order valence-corrected chi connectivity index (χ1v) is 13.5. The van der Waals surface area contributed by atoms with Crippen molar-refractivity contribution in [2.45, 2.75) is 40.8 Å². The van der Waals surface area contributed by atoms with E-state index in [1.165, 1.54) is 24.8 Å². The Bertz CT molecular complexity index is 1360. The molecule has 0 saturated heterocycles. The standard InChI is InChI=1S/C26H22Cl3N3O3S/c1-13(33)30-15-7-9-20-17(11-15)24-18(26(31-20)16-8-6-14(27)10-19(16)28)12-23(25(24)29)36-22-5-3-2-4-21(22)32(34)35/h2-11,18,23-26,31H,12H2,1H3,(H,30,33)/t18-,23+,24-,25+,26-/m0/s1. The fraction of sp³-hybridized carbons (Fsp3) is 0.269. The van der Waals surface area contributed by atoms with Crippen LogP contribution in [0.3, 0.4) is 0 Å². The van der Waals surface area contributed by atoms with E-state index in [1.54, 1.807) is 24.3 Å². The molecule has 2 aliphatic rings. The van der Waals surface area contributed by atoms with Gasteiger partial charge in [0.1, 0.15) is 0 Å². The normalized spacial score (nSPS) is 24.4. The molecule has 1 amide bonds. The molecule has 10 heteroatoms. The highest BCUT2D eigenvalue weighted by molar-refractivity contribution is 8.00. The Labute approximate surface area is 227 Å². The second-order valence-corrected chi connectivity index (χ2v) is 11.7. The van der Waals surface area contributed by atoms with Crippen LogP contribution >= 0.6 is 46.6 Å². The molecular formula is C26H22Cl3N3O3S. The average molecular weight is 563 g/mol. The molecule has 0 unspecified atom stereocenters. The van der Waals surface area contributed by atoms with Crippen molar-refractivity contribution < 1.29 is 9.72 Å². The monoisotopic (exact) mass is 561 g/mol. The van der Waals surface area contributed by atoms with Gasteiger partial charge < -0.3 is 10.6 Å². The summed E-state index contributed by atoms with van der Waals surface area (Å²) in [4.78, 5) is 23.5. The molecule has 1 aliphatic carbocycles. The van der Waals surface area contributed by atoms with Crippen LogP contribution in [0.25, 0.3) is 0 Å². The number of benzene rings is 3. The van der Waals surface area contributed by atoms with E-state index in [0.29, 0.717) is 20.6 Å². The molecule has 0 bridgehead atoms. The molecule has 1 saturated carbocycles. The number of alkyl halides is 1. The molecule has 1 heterocycles. The summed E-state index contributed by atoms with van der Waals surface area (Å²) < 4.78 is 0. The van der Waals surface area contributed by atoms with Crippen LogP contribution < -0.4 is 10.6 Å². The van der Waals surface area contributed by atoms with Gasteiger partial charge in [0, 0.05) is 45.6 Å². The van der Waals surface area contributed by atoms with Gasteiger partial charge in [-0.1, -0.05) is 41.4 Å². The first kappa shape index (κ1) is 25.2. The number of nitrogens with zero attached hydrogens (tertiary/aromatic N) is 1. The second-order valence-electron chi connectivity index (χ2n) is 9.02. The van der Waals surface area contributed by atoms with Crippen molar-refractivity contribution in [1.29, 1.82) is 0 Å². The first-order chi connectivity index (χ1) is 17.2. The summed E-state index contributed by atoms with van der Waals surface area (Å²) in [6.45, 7) is 1.47. The predicted molar refractivity (Wildman–Crippen MR) is 147 cm³/mol. The number of carbonyl (C=O) groups excluding carboxylic acids is 1. The average Bonchev–Trinajstić information content (AvgIpc) is 3.15. The van der Waals surface area contributed by atoms with Gasteiger partial charge in [0.2, 0.25) is 5.91 Å². The number of carbonyl (C=O) groups is 1. The molecule has 0 aromatic heterocycles. The number of hydrogen-bond donors (Lipinski definition) is 2. The van der Waals surface area contributed by atoms with Crippen molar-refractivity contribution in [1.82, 2.24) is 0 Å². The van der Waals surface area contributed by atoms with Gasteiger partial charge in [0.05, 0.1) is 21.2 Å². The number of para-hydroxylation sites is 1. The van der Waals surface area contributed by atoms with Gasteiger partial charge in [-0.15, -0.1) is 23.4 Å². The third-order valence-electron chi connectivity index (χ3n) is 6.77. The number of fused-ring (bicyclic) bond motifs is 3. The molecule has 6 nitrogen and oxygen atoms in total. The van der Waals surface area contributed by atoms with E-state index < -0.39 is 0 Å². The van der Waals surface area contributed by atoms with E-state index in [-0.39, 0.29) is 45.0 Å². The van der Waals surface area contributed by atoms with Crippen LogP contribution in [0.5, 0.6) is 0 Å². The predicted octanol–water partition coefficient (Wildman–Crippen LogP) is 7.90. The fourth-order valence-electron chi connectivity index (χ4n) is 5.33. The molecular weight excluding hydrogens is 541 g/mol. The van der Waals surface area contributed by atoms with Crippen LogP contribution in [0.4, 0.5) is 17.1 Å². The Morgan fingerprint density at radius 2 is 1.89 bits per heavy atom. The van der Waals surface area contributed by atoms with E-state index in [0.717, 1.165) is 23.2 Å². The third-order valence-corrected chi connectivity index (χ3v) is 9.45. The summed E-state index contributed by atoms with van der Waals surface area (Å²) in [5.74, 6) is -0.153. The van der Waals surface area contributed by atoms with Crippen molar-refractivity contribution in [3.05, 3.63) is 92.0 Å². The molecule has 0 radical (unpaired) electrons. The number of hydrogen-bond acceptors (Lipinski definition) is 5. The Kier molecular flexibility index (Phi) is 7.10. The van der Waals surface area contributed by atoms with Gasteiger partial charge in [0.15, 0.2) is 0 Å². The molecule has 0 spiro atoms. The summed E-state index contributed by atoms with van der Waals surface area (Å²) in [6, 6.07) is 17.9. The molecule has 5 atom stereocenters. The molecule has 5 rings (SSSR count). The van der Waals surface area contributed by atoms with Gasteiger partial charge in [-0.05, 0) is 59.9 Å². The number of thioether (sulfide) groups is 1. The highest BCUT2D eigenvalue weighted by atomic mass is 35.5. The van der Waals surface area contributed by atoms with Gasteiger partial charge in [-0.3, -0.25) is 14.9 Å². The number of amides is 1. The number of anilines is 2. The van der Waals surface area contributed by atoms with Crippen molar-refractivity contribution in [3.8, 4) is 0 Å². The second kappa shape index (κ2) is 10.1. The minimum Gasteiger partial charge on any atom is -0.378 e. The minimum atomic E-state index is -0.361. The van der Waals surface area contributed by atoms with E-state index in [1.807, 2.05) is 30.3 Å². The maximum Gasteiger partial charge on any atom is 0.282 e. The van der Waals surface area contributed by atoms with Gasteiger partial charge >= 0.3 is 0 Å². The molecule has 3 aromatic carbocycles. The SMILES string of the molecule is CC(=O)Nc1ccc2c(c1)[C@@H]1[C@H](Cl)[C@H](Sc3ccccc3[N+](=O)[O-])C[C@@H]1[C@H](c1ccc(Cl)cc1Cl)N2. The number of halogens is 3. The third kappa shape index (κ3) is 4.77. The van der Waals surface area contributed by atoms with Crippen LogP contribution in [-0.2, 0) is 4.79 Å². The van der Waals surface area contributed by atoms with Crippen LogP contribution in [0.1, 0.15) is 36.4 Å². The summed E-state index contributed by atoms with van der Waals surface area (Å²) in [6.07, 6.45) is 0.718. The Morgan fingerprint density at radius 3 is 2.61 bits per heavy atom. The quantitative estimate of drug-likeness (QED) is 0.188. The van der Waals surface area contributed by atoms with E-state index >= 15 is 0 Å².